The van der Waals surface area contributed by atoms with Crippen molar-refractivity contribution in [2.24, 2.45) is 10.8 Å². The number of likely N-dealkylation sites (tertiary alicyclic amines) is 1. The summed E-state index contributed by atoms with van der Waals surface area (Å²) in [5.74, 6) is 0.119. The number of aromatic nitrogens is 2. The van der Waals surface area contributed by atoms with Crippen molar-refractivity contribution in [2.45, 2.75) is 95.7 Å². The molecule has 1 saturated heterocycles. The Hall–Kier alpha value is -4.37. The molecule has 1 atom stereocenters. The Morgan fingerprint density at radius 3 is 2.54 bits per heavy atom. The molecule has 2 aliphatic rings. The Kier molecular flexibility index (Phi) is 15.6. The van der Waals surface area contributed by atoms with Crippen LogP contribution in [0.2, 0.25) is 0 Å². The number of hydrogen-bond acceptors (Lipinski definition) is 12. The maximum atomic E-state index is 12.6. The summed E-state index contributed by atoms with van der Waals surface area (Å²) in [6.45, 7) is 6.35. The molecule has 1 aliphatic heterocycles. The van der Waals surface area contributed by atoms with E-state index in [0.29, 0.717) is 36.6 Å². The van der Waals surface area contributed by atoms with Crippen molar-refractivity contribution < 1.29 is 19.5 Å². The first-order chi connectivity index (χ1) is 24.2. The molecule has 0 unspecified atom stereocenters. The maximum Gasteiger partial charge on any atom is 0.320 e. The highest BCUT2D eigenvalue weighted by atomic mass is 16.4. The van der Waals surface area contributed by atoms with Gasteiger partial charge in [0.25, 0.3) is 0 Å². The number of carbonyl (C=O) groups is 3. The van der Waals surface area contributed by atoms with Crippen molar-refractivity contribution in [2.75, 3.05) is 56.4 Å². The molecule has 1 aromatic heterocycles. The topological polar surface area (TPSA) is 214 Å². The second-order valence-electron chi connectivity index (χ2n) is 13.2. The predicted octanol–water partition coefficient (Wildman–Crippen LogP) is 3.65. The molecule has 2 fully saturated rings. The molecular formula is C35H55N11O4. The number of benzene rings is 1. The number of anilines is 2. The van der Waals surface area contributed by atoms with E-state index in [-0.39, 0.29) is 37.2 Å². The van der Waals surface area contributed by atoms with Crippen LogP contribution in [0, 0.1) is 5.53 Å². The Morgan fingerprint density at radius 1 is 1.08 bits per heavy atom. The minimum absolute atomic E-state index is 0.0764. The second-order valence-corrected chi connectivity index (χ2v) is 13.2. The molecule has 15 heteroatoms. The summed E-state index contributed by atoms with van der Waals surface area (Å²) >= 11 is 0. The number of para-hydroxylation sites is 1. The maximum absolute atomic E-state index is 12.6. The smallest absolute Gasteiger partial charge is 0.320 e. The first-order valence-electron chi connectivity index (χ1n) is 18.1. The number of nitrogens with zero attached hydrogens (tertiary/aromatic N) is 5. The van der Waals surface area contributed by atoms with Crippen molar-refractivity contribution in [3.63, 3.8) is 0 Å². The summed E-state index contributed by atoms with van der Waals surface area (Å²) in [5, 5.41) is 27.0. The van der Waals surface area contributed by atoms with Gasteiger partial charge >= 0.3 is 5.97 Å². The Labute approximate surface area is 294 Å². The molecule has 50 heavy (non-hydrogen) atoms. The molecule has 0 spiro atoms. The molecule has 15 nitrogen and oxygen atoms in total. The second kappa shape index (κ2) is 20.3. The summed E-state index contributed by atoms with van der Waals surface area (Å²) < 4.78 is 0. The predicted molar refractivity (Wildman–Crippen MR) is 194 cm³/mol. The van der Waals surface area contributed by atoms with Crippen molar-refractivity contribution in [3.8, 4) is 0 Å². The van der Waals surface area contributed by atoms with Crippen LogP contribution in [-0.4, -0.2) is 107 Å². The molecule has 1 aromatic carbocycles. The highest BCUT2D eigenvalue weighted by Crippen LogP contribution is 2.25. The van der Waals surface area contributed by atoms with E-state index in [0.717, 1.165) is 75.6 Å². The summed E-state index contributed by atoms with van der Waals surface area (Å²) in [6, 6.07) is 7.23. The van der Waals surface area contributed by atoms with Gasteiger partial charge in [-0.05, 0) is 70.2 Å². The molecular weight excluding hydrogens is 638 g/mol. The highest BCUT2D eigenvalue weighted by molar-refractivity contribution is 5.90. The number of fused-ring (bicyclic) bond motifs is 1. The SMILES string of the molecule is CC(=O)N(CCCNCCCN/C=C(/CNc1nc(NC2CCN(C(=O)CC[C@H](N)C(=O)O)CC2)c2ccccc2n1)N=N)C1CCCCC1. The van der Waals surface area contributed by atoms with Gasteiger partial charge in [-0.1, -0.05) is 31.4 Å². The minimum Gasteiger partial charge on any atom is -0.480 e. The van der Waals surface area contributed by atoms with Gasteiger partial charge in [-0.2, -0.15) is 10.1 Å². The Morgan fingerprint density at radius 2 is 1.82 bits per heavy atom. The van der Waals surface area contributed by atoms with Crippen LogP contribution < -0.4 is 27.0 Å². The first-order valence-corrected chi connectivity index (χ1v) is 18.1. The zero-order valence-corrected chi connectivity index (χ0v) is 29.3. The Balaban J connectivity index is 1.18. The summed E-state index contributed by atoms with van der Waals surface area (Å²) in [6.07, 6.45) is 11.3. The number of rotatable bonds is 20. The average Bonchev–Trinajstić information content (AvgIpc) is 3.13. The third kappa shape index (κ3) is 12.2. The third-order valence-electron chi connectivity index (χ3n) is 9.47. The zero-order chi connectivity index (χ0) is 35.7. The van der Waals surface area contributed by atoms with Crippen molar-refractivity contribution in [1.29, 1.82) is 5.53 Å². The highest BCUT2D eigenvalue weighted by Gasteiger charge is 2.25. The number of carboxylic acid groups (broad SMARTS) is 1. The van der Waals surface area contributed by atoms with Crippen LogP contribution in [0.25, 0.3) is 10.9 Å². The molecule has 1 saturated carbocycles. The standard InChI is InChI=1S/C35H55N11O4/c1-25(47)46(28-9-3-2-4-10-28)20-8-19-38-17-7-18-39-23-27(44-37)24-40-35-42-31-12-6-5-11-29(31)33(43-35)41-26-15-21-45(22-16-26)32(48)14-13-30(36)34(49)50/h5-6,11-12,23,26,28,30,37-39H,2-4,7-10,13-22,24,36H2,1H3,(H,49,50)(H2,40,41,42,43)/b27-23-,44-37?/t30-/m0/s1. The van der Waals surface area contributed by atoms with Crippen LogP contribution in [0.4, 0.5) is 11.8 Å². The number of carboxylic acids is 1. The lowest BCUT2D eigenvalue weighted by Gasteiger charge is -2.33. The van der Waals surface area contributed by atoms with Gasteiger partial charge in [0, 0.05) is 63.2 Å². The van der Waals surface area contributed by atoms with Crippen molar-refractivity contribution in [3.05, 3.63) is 36.2 Å². The van der Waals surface area contributed by atoms with E-state index < -0.39 is 12.0 Å². The van der Waals surface area contributed by atoms with Crippen LogP contribution in [0.15, 0.2) is 41.3 Å². The van der Waals surface area contributed by atoms with Gasteiger partial charge < -0.3 is 41.9 Å². The van der Waals surface area contributed by atoms with E-state index in [1.54, 1.807) is 18.0 Å². The lowest BCUT2D eigenvalue weighted by Crippen LogP contribution is -2.43. The fourth-order valence-corrected chi connectivity index (χ4v) is 6.58. The van der Waals surface area contributed by atoms with Crippen molar-refractivity contribution in [1.82, 2.24) is 30.4 Å². The largest absolute Gasteiger partial charge is 0.480 e. The molecule has 2 amide bonds. The lowest BCUT2D eigenvalue weighted by atomic mass is 9.94. The van der Waals surface area contributed by atoms with Crippen LogP contribution >= 0.6 is 0 Å². The molecule has 0 bridgehead atoms. The third-order valence-corrected chi connectivity index (χ3v) is 9.47. The van der Waals surface area contributed by atoms with E-state index in [9.17, 15) is 14.4 Å². The van der Waals surface area contributed by atoms with Crippen LogP contribution in [0.5, 0.6) is 0 Å². The lowest BCUT2D eigenvalue weighted by molar-refractivity contribution is -0.139. The van der Waals surface area contributed by atoms with E-state index in [4.69, 9.17) is 21.4 Å². The van der Waals surface area contributed by atoms with Gasteiger partial charge in [0.05, 0.1) is 17.8 Å². The first kappa shape index (κ1) is 38.4. The molecule has 274 valence electrons. The zero-order valence-electron chi connectivity index (χ0n) is 29.3. The normalized spacial score (nSPS) is 16.5. The van der Waals surface area contributed by atoms with Crippen LogP contribution in [0.3, 0.4) is 0 Å². The molecule has 2 heterocycles. The van der Waals surface area contributed by atoms with Gasteiger partial charge in [-0.15, -0.1) is 0 Å². The molecule has 0 radical (unpaired) electrons. The number of carbonyl (C=O) groups excluding carboxylic acids is 2. The molecule has 8 N–H and O–H groups in total. The van der Waals surface area contributed by atoms with Gasteiger partial charge in [0.15, 0.2) is 0 Å². The average molecular weight is 694 g/mol. The summed E-state index contributed by atoms with van der Waals surface area (Å²) in [7, 11) is 0. The van der Waals surface area contributed by atoms with Gasteiger partial charge in [0.1, 0.15) is 11.9 Å². The fourth-order valence-electron chi connectivity index (χ4n) is 6.58. The van der Waals surface area contributed by atoms with Gasteiger partial charge in [-0.3, -0.25) is 14.4 Å². The molecule has 1 aliphatic carbocycles. The van der Waals surface area contributed by atoms with E-state index in [2.05, 4.69) is 36.3 Å². The van der Waals surface area contributed by atoms with E-state index in [1.165, 1.54) is 19.3 Å². The minimum atomic E-state index is -1.10. The van der Waals surface area contributed by atoms with Gasteiger partial charge in [0.2, 0.25) is 17.8 Å². The number of aliphatic carboxylic acids is 1. The quantitative estimate of drug-likeness (QED) is 0.0785. The monoisotopic (exact) mass is 693 g/mol. The number of amides is 2. The molecule has 2 aromatic rings. The van der Waals surface area contributed by atoms with Crippen LogP contribution in [-0.2, 0) is 14.4 Å². The number of nitrogens with two attached hydrogens (primary N) is 1. The van der Waals surface area contributed by atoms with E-state index in [1.807, 2.05) is 24.3 Å². The van der Waals surface area contributed by atoms with Crippen molar-refractivity contribution >= 4 is 40.5 Å². The van der Waals surface area contributed by atoms with Crippen LogP contribution in [0.1, 0.15) is 77.6 Å². The van der Waals surface area contributed by atoms with E-state index >= 15 is 0 Å². The number of hydrogen-bond donors (Lipinski definition) is 7. The number of nitrogens with one attached hydrogen (secondary N) is 5. The fraction of sp³-hybridized carbons (Fsp3) is 0.629. The molecule has 4 rings (SSSR count). The Bertz CT molecular complexity index is 1440. The van der Waals surface area contributed by atoms with Gasteiger partial charge in [-0.25, -0.2) is 10.5 Å². The summed E-state index contributed by atoms with van der Waals surface area (Å²) in [4.78, 5) is 48.9. The number of piperidine rings is 1. The summed E-state index contributed by atoms with van der Waals surface area (Å²) in [5.41, 5.74) is 14.5.